The van der Waals surface area contributed by atoms with E-state index in [-0.39, 0.29) is 48.6 Å². The first kappa shape index (κ1) is 26.5. The third-order valence-corrected chi connectivity index (χ3v) is 5.70. The molecule has 1 aliphatic carbocycles. The quantitative estimate of drug-likeness (QED) is 0.275. The van der Waals surface area contributed by atoms with Gasteiger partial charge < -0.3 is 29.7 Å². The third kappa shape index (κ3) is 7.99. The Hall–Kier alpha value is -1.75. The summed E-state index contributed by atoms with van der Waals surface area (Å²) in [5.41, 5.74) is 0.961. The number of nitrogens with zero attached hydrogens (tertiary/aromatic N) is 2. The fourth-order valence-corrected chi connectivity index (χ4v) is 3.82. The minimum Gasteiger partial charge on any atom is -0.493 e. The number of methoxy groups -OCH3 is 1. The Morgan fingerprint density at radius 3 is 2.62 bits per heavy atom. The molecule has 1 aromatic carbocycles. The molecule has 9 heteroatoms. The van der Waals surface area contributed by atoms with E-state index in [4.69, 9.17) is 19.2 Å². The highest BCUT2D eigenvalue weighted by atomic mass is 127. The van der Waals surface area contributed by atoms with Gasteiger partial charge in [0.25, 0.3) is 0 Å². The summed E-state index contributed by atoms with van der Waals surface area (Å²) < 4.78 is 17.6. The molecule has 1 unspecified atom stereocenters. The highest BCUT2D eigenvalue weighted by Gasteiger charge is 2.21. The van der Waals surface area contributed by atoms with E-state index >= 15 is 0 Å². The molecule has 1 aromatic rings. The number of rotatable bonds is 9. The first-order valence-corrected chi connectivity index (χ1v) is 11.2. The number of para-hydroxylation sites is 1. The summed E-state index contributed by atoms with van der Waals surface area (Å²) in [4.78, 5) is 18.3. The van der Waals surface area contributed by atoms with Crippen LogP contribution in [0.3, 0.4) is 0 Å². The Bertz CT molecular complexity index is 748. The van der Waals surface area contributed by atoms with Crippen LogP contribution in [0.5, 0.6) is 11.5 Å². The number of hydrogen-bond donors (Lipinski definition) is 2. The summed E-state index contributed by atoms with van der Waals surface area (Å²) in [6.45, 7) is 2.05. The molecule has 8 nitrogen and oxygen atoms in total. The average molecular weight is 560 g/mol. The molecule has 1 amide bonds. The molecule has 3 rings (SSSR count). The van der Waals surface area contributed by atoms with Crippen molar-refractivity contribution in [1.29, 1.82) is 0 Å². The smallest absolute Gasteiger partial charge is 0.241 e. The molecule has 2 fully saturated rings. The predicted octanol–water partition coefficient (Wildman–Crippen LogP) is 2.94. The molecule has 32 heavy (non-hydrogen) atoms. The van der Waals surface area contributed by atoms with E-state index in [1.165, 1.54) is 12.8 Å². The van der Waals surface area contributed by atoms with Gasteiger partial charge in [-0.3, -0.25) is 4.79 Å². The summed E-state index contributed by atoms with van der Waals surface area (Å²) in [7, 11) is 5.14. The van der Waals surface area contributed by atoms with Crippen LogP contribution in [0.25, 0.3) is 0 Å². The van der Waals surface area contributed by atoms with Gasteiger partial charge in [0.1, 0.15) is 0 Å². The monoisotopic (exact) mass is 560 g/mol. The van der Waals surface area contributed by atoms with Crippen LogP contribution in [0.1, 0.15) is 44.1 Å². The molecule has 1 saturated carbocycles. The highest BCUT2D eigenvalue weighted by molar-refractivity contribution is 14.0. The van der Waals surface area contributed by atoms with Crippen LogP contribution in [0.2, 0.25) is 0 Å². The standard InChI is InChI=1S/C23H36N4O4.HI/c1-27(2)21(28)16-26-23(25-15-19-11-7-13-30-19)24-14-17-8-6-12-20(29-3)22(17)31-18-9-4-5-10-18;/h6,8,12,18-19H,4-5,7,9-11,13-16H2,1-3H3,(H2,24,25,26);1H. The Labute approximate surface area is 208 Å². The molecule has 0 radical (unpaired) electrons. The first-order chi connectivity index (χ1) is 15.1. The summed E-state index contributed by atoms with van der Waals surface area (Å²) in [6, 6.07) is 5.88. The second-order valence-corrected chi connectivity index (χ2v) is 8.30. The van der Waals surface area contributed by atoms with Crippen LogP contribution in [0.15, 0.2) is 23.2 Å². The first-order valence-electron chi connectivity index (χ1n) is 11.2. The van der Waals surface area contributed by atoms with Gasteiger partial charge in [-0.2, -0.15) is 0 Å². The molecule has 180 valence electrons. The molecule has 1 heterocycles. The van der Waals surface area contributed by atoms with E-state index in [0.29, 0.717) is 19.0 Å². The van der Waals surface area contributed by atoms with E-state index in [1.54, 1.807) is 26.1 Å². The van der Waals surface area contributed by atoms with Crippen molar-refractivity contribution in [2.75, 3.05) is 40.9 Å². The predicted molar refractivity (Wildman–Crippen MR) is 136 cm³/mol. The molecule has 0 spiro atoms. The van der Waals surface area contributed by atoms with Gasteiger partial charge in [0.05, 0.1) is 32.4 Å². The lowest BCUT2D eigenvalue weighted by Crippen LogP contribution is -2.45. The Balaban J connectivity index is 0.00000363. The Morgan fingerprint density at radius 2 is 1.97 bits per heavy atom. The molecule has 2 N–H and O–H groups in total. The maximum atomic E-state index is 12.0. The van der Waals surface area contributed by atoms with Crippen molar-refractivity contribution in [1.82, 2.24) is 15.5 Å². The number of guanidine groups is 1. The van der Waals surface area contributed by atoms with Gasteiger partial charge >= 0.3 is 0 Å². The number of halogens is 1. The largest absolute Gasteiger partial charge is 0.493 e. The van der Waals surface area contributed by atoms with Gasteiger partial charge in [0.2, 0.25) is 5.91 Å². The van der Waals surface area contributed by atoms with Gasteiger partial charge in [-0.1, -0.05) is 12.1 Å². The topological polar surface area (TPSA) is 84.4 Å². The van der Waals surface area contributed by atoms with Crippen LogP contribution in [-0.4, -0.2) is 69.9 Å². The Kier molecular flexibility index (Phi) is 11.4. The average Bonchev–Trinajstić information content (AvgIpc) is 3.47. The van der Waals surface area contributed by atoms with Crippen molar-refractivity contribution >= 4 is 35.8 Å². The van der Waals surface area contributed by atoms with Crippen molar-refractivity contribution in [3.05, 3.63) is 23.8 Å². The van der Waals surface area contributed by atoms with Gasteiger partial charge in [-0.05, 0) is 44.6 Å². The number of ether oxygens (including phenoxy) is 3. The van der Waals surface area contributed by atoms with Gasteiger partial charge in [0, 0.05) is 32.8 Å². The zero-order chi connectivity index (χ0) is 22.1. The minimum atomic E-state index is -0.0155. The maximum Gasteiger partial charge on any atom is 0.241 e. The molecule has 1 atom stereocenters. The van der Waals surface area contributed by atoms with E-state index in [9.17, 15) is 4.79 Å². The SMILES string of the molecule is COc1cccc(CN=C(NCC(=O)N(C)C)NCC2CCCO2)c1OC1CCCC1.I. The maximum absolute atomic E-state index is 12.0. The second kappa shape index (κ2) is 13.7. The molecular weight excluding hydrogens is 523 g/mol. The van der Waals surface area contributed by atoms with Gasteiger partial charge in [0.15, 0.2) is 17.5 Å². The van der Waals surface area contributed by atoms with E-state index in [1.807, 2.05) is 18.2 Å². The zero-order valence-electron chi connectivity index (χ0n) is 19.4. The lowest BCUT2D eigenvalue weighted by atomic mass is 10.1. The zero-order valence-corrected chi connectivity index (χ0v) is 21.7. The fourth-order valence-electron chi connectivity index (χ4n) is 3.82. The number of hydrogen-bond acceptors (Lipinski definition) is 5. The van der Waals surface area contributed by atoms with Crippen molar-refractivity contribution < 1.29 is 19.0 Å². The van der Waals surface area contributed by atoms with Crippen LogP contribution in [0.4, 0.5) is 0 Å². The number of amides is 1. The number of benzene rings is 1. The summed E-state index contributed by atoms with van der Waals surface area (Å²) in [6.07, 6.45) is 7.07. The molecule has 2 aliphatic rings. The number of carbonyl (C=O) groups is 1. The molecule has 0 bridgehead atoms. The summed E-state index contributed by atoms with van der Waals surface area (Å²) >= 11 is 0. The van der Waals surface area contributed by atoms with Crippen molar-refractivity contribution in [2.45, 2.75) is 57.3 Å². The third-order valence-electron chi connectivity index (χ3n) is 5.70. The molecule has 0 aromatic heterocycles. The molecular formula is C23H37IN4O4. The summed E-state index contributed by atoms with van der Waals surface area (Å²) in [5, 5.41) is 6.45. The van der Waals surface area contributed by atoms with Crippen LogP contribution in [0, 0.1) is 0 Å². The van der Waals surface area contributed by atoms with Crippen LogP contribution in [-0.2, 0) is 16.1 Å². The molecule has 1 aliphatic heterocycles. The lowest BCUT2D eigenvalue weighted by molar-refractivity contribution is -0.127. The Morgan fingerprint density at radius 1 is 1.19 bits per heavy atom. The van der Waals surface area contributed by atoms with E-state index in [0.717, 1.165) is 49.4 Å². The second-order valence-electron chi connectivity index (χ2n) is 8.30. The lowest BCUT2D eigenvalue weighted by Gasteiger charge is -2.19. The van der Waals surface area contributed by atoms with Crippen molar-refractivity contribution in [3.8, 4) is 11.5 Å². The van der Waals surface area contributed by atoms with Crippen LogP contribution < -0.4 is 20.1 Å². The summed E-state index contributed by atoms with van der Waals surface area (Å²) in [5.74, 6) is 2.06. The molecule has 1 saturated heterocycles. The minimum absolute atomic E-state index is 0. The van der Waals surface area contributed by atoms with Crippen molar-refractivity contribution in [2.24, 2.45) is 4.99 Å². The normalized spacial score (nSPS) is 18.7. The van der Waals surface area contributed by atoms with E-state index in [2.05, 4.69) is 10.6 Å². The van der Waals surface area contributed by atoms with Gasteiger partial charge in [-0.15, -0.1) is 24.0 Å². The number of likely N-dealkylation sites (N-methyl/N-ethyl adjacent to an activating group) is 1. The van der Waals surface area contributed by atoms with Crippen molar-refractivity contribution in [3.63, 3.8) is 0 Å². The fraction of sp³-hybridized carbons (Fsp3) is 0.652. The van der Waals surface area contributed by atoms with Crippen LogP contribution >= 0.6 is 24.0 Å². The van der Waals surface area contributed by atoms with E-state index < -0.39 is 0 Å². The number of nitrogens with one attached hydrogen (secondary N) is 2. The number of aliphatic imine (C=N–C) groups is 1. The highest BCUT2D eigenvalue weighted by Crippen LogP contribution is 2.35. The number of carbonyl (C=O) groups excluding carboxylic acids is 1. The van der Waals surface area contributed by atoms with Gasteiger partial charge in [-0.25, -0.2) is 4.99 Å².